The van der Waals surface area contributed by atoms with Crippen molar-refractivity contribution in [2.24, 2.45) is 4.99 Å². The molecule has 0 unspecified atom stereocenters. The molecule has 0 aliphatic heterocycles. The number of amides is 1. The lowest BCUT2D eigenvalue weighted by Gasteiger charge is -2.08. The predicted octanol–water partition coefficient (Wildman–Crippen LogP) is 3.88. The number of nitrogens with zero attached hydrogens (tertiary/aromatic N) is 2. The van der Waals surface area contributed by atoms with E-state index in [0.29, 0.717) is 35.0 Å². The number of ether oxygens (including phenoxy) is 3. The molecule has 1 heterocycles. The molecule has 142 valence electrons. The van der Waals surface area contributed by atoms with Crippen molar-refractivity contribution in [2.75, 3.05) is 20.8 Å². The summed E-state index contributed by atoms with van der Waals surface area (Å²) in [5.41, 5.74) is 1.48. The van der Waals surface area contributed by atoms with Gasteiger partial charge < -0.3 is 18.8 Å². The summed E-state index contributed by atoms with van der Waals surface area (Å²) >= 11 is 1.45. The van der Waals surface area contributed by atoms with E-state index in [0.717, 1.165) is 16.0 Å². The molecule has 0 aliphatic rings. The summed E-state index contributed by atoms with van der Waals surface area (Å²) in [6, 6.07) is 10.8. The van der Waals surface area contributed by atoms with Crippen LogP contribution < -0.4 is 19.0 Å². The molecule has 3 rings (SSSR count). The first kappa shape index (κ1) is 19.0. The molecule has 0 saturated carbocycles. The van der Waals surface area contributed by atoms with Crippen LogP contribution in [0.15, 0.2) is 41.4 Å². The maximum atomic E-state index is 12.6. The van der Waals surface area contributed by atoms with Crippen LogP contribution in [0.3, 0.4) is 0 Å². The summed E-state index contributed by atoms with van der Waals surface area (Å²) < 4.78 is 19.1. The van der Waals surface area contributed by atoms with Crippen molar-refractivity contribution in [3.8, 4) is 17.2 Å². The van der Waals surface area contributed by atoms with Gasteiger partial charge in [0.05, 0.1) is 31.0 Å². The number of aryl methyl sites for hydroxylation is 1. The molecule has 6 nitrogen and oxygen atoms in total. The van der Waals surface area contributed by atoms with Crippen molar-refractivity contribution in [3.63, 3.8) is 0 Å². The molecule has 0 bridgehead atoms. The van der Waals surface area contributed by atoms with Gasteiger partial charge >= 0.3 is 0 Å². The Morgan fingerprint density at radius 3 is 2.33 bits per heavy atom. The second-order valence-electron chi connectivity index (χ2n) is 5.68. The van der Waals surface area contributed by atoms with Gasteiger partial charge in [-0.25, -0.2) is 0 Å². The number of hydrogen-bond acceptors (Lipinski definition) is 5. The summed E-state index contributed by atoms with van der Waals surface area (Å²) in [6.45, 7) is 5.21. The Balaban J connectivity index is 2.05. The Morgan fingerprint density at radius 2 is 1.74 bits per heavy atom. The van der Waals surface area contributed by atoms with Crippen molar-refractivity contribution in [3.05, 3.63) is 46.8 Å². The van der Waals surface area contributed by atoms with Crippen LogP contribution in [0.5, 0.6) is 17.2 Å². The molecule has 0 fully saturated rings. The molecule has 0 saturated heterocycles. The lowest BCUT2D eigenvalue weighted by atomic mass is 10.2. The average Bonchev–Trinajstić information content (AvgIpc) is 3.03. The number of methoxy groups -OCH3 is 2. The minimum absolute atomic E-state index is 0.286. The lowest BCUT2D eigenvalue weighted by Crippen LogP contribution is -2.15. The summed E-state index contributed by atoms with van der Waals surface area (Å²) in [5.74, 6) is 1.75. The Labute approximate surface area is 161 Å². The first-order chi connectivity index (χ1) is 13.1. The van der Waals surface area contributed by atoms with Crippen LogP contribution >= 0.6 is 11.3 Å². The zero-order valence-electron chi connectivity index (χ0n) is 15.8. The first-order valence-electron chi connectivity index (χ1n) is 8.68. The third-order valence-corrected chi connectivity index (χ3v) is 5.15. The Kier molecular flexibility index (Phi) is 5.81. The summed E-state index contributed by atoms with van der Waals surface area (Å²) in [4.78, 5) is 17.6. The van der Waals surface area contributed by atoms with E-state index < -0.39 is 0 Å². The highest BCUT2D eigenvalue weighted by Gasteiger charge is 2.13. The topological polar surface area (TPSA) is 62.1 Å². The lowest BCUT2D eigenvalue weighted by molar-refractivity contribution is 0.0998. The van der Waals surface area contributed by atoms with Gasteiger partial charge in [-0.15, -0.1) is 0 Å². The molecule has 1 aromatic heterocycles. The fraction of sp³-hybridized carbons (Fsp3) is 0.300. The van der Waals surface area contributed by atoms with E-state index in [9.17, 15) is 4.79 Å². The van der Waals surface area contributed by atoms with Gasteiger partial charge in [0.2, 0.25) is 0 Å². The van der Waals surface area contributed by atoms with Crippen molar-refractivity contribution in [2.45, 2.75) is 20.4 Å². The summed E-state index contributed by atoms with van der Waals surface area (Å²) in [6.07, 6.45) is 0. The largest absolute Gasteiger partial charge is 0.494 e. The third kappa shape index (κ3) is 3.83. The van der Waals surface area contributed by atoms with Crippen molar-refractivity contribution in [1.82, 2.24) is 4.57 Å². The first-order valence-corrected chi connectivity index (χ1v) is 9.50. The number of thiazole rings is 1. The second-order valence-corrected chi connectivity index (χ2v) is 6.69. The van der Waals surface area contributed by atoms with E-state index >= 15 is 0 Å². The number of rotatable bonds is 6. The molecule has 27 heavy (non-hydrogen) atoms. The average molecular weight is 386 g/mol. The Hall–Kier alpha value is -2.80. The van der Waals surface area contributed by atoms with Crippen molar-refractivity contribution >= 4 is 27.5 Å². The summed E-state index contributed by atoms with van der Waals surface area (Å²) in [5, 5.41) is 0. The maximum Gasteiger partial charge on any atom is 0.279 e. The van der Waals surface area contributed by atoms with Crippen LogP contribution in [-0.2, 0) is 6.54 Å². The van der Waals surface area contributed by atoms with Gasteiger partial charge in [-0.1, -0.05) is 11.3 Å². The van der Waals surface area contributed by atoms with Crippen LogP contribution in [-0.4, -0.2) is 31.3 Å². The molecular weight excluding hydrogens is 364 g/mol. The number of fused-ring (bicyclic) bond motifs is 1. The number of carbonyl (C=O) groups is 1. The van der Waals surface area contributed by atoms with Gasteiger partial charge in [-0.05, 0) is 38.1 Å². The molecule has 0 atom stereocenters. The van der Waals surface area contributed by atoms with Gasteiger partial charge in [0.1, 0.15) is 5.75 Å². The highest BCUT2D eigenvalue weighted by molar-refractivity contribution is 7.16. The van der Waals surface area contributed by atoms with E-state index in [-0.39, 0.29) is 5.91 Å². The van der Waals surface area contributed by atoms with Gasteiger partial charge in [-0.3, -0.25) is 4.79 Å². The normalized spacial score (nSPS) is 11.6. The molecular formula is C20H22N2O4S. The minimum atomic E-state index is -0.286. The van der Waals surface area contributed by atoms with Gasteiger partial charge in [0.15, 0.2) is 16.3 Å². The molecule has 7 heteroatoms. The van der Waals surface area contributed by atoms with Crippen LogP contribution in [0.2, 0.25) is 0 Å². The quantitative estimate of drug-likeness (QED) is 0.645. The van der Waals surface area contributed by atoms with E-state index in [1.54, 1.807) is 38.5 Å². The fourth-order valence-electron chi connectivity index (χ4n) is 2.80. The van der Waals surface area contributed by atoms with Crippen LogP contribution in [0, 0.1) is 0 Å². The Morgan fingerprint density at radius 1 is 1.07 bits per heavy atom. The fourth-order valence-corrected chi connectivity index (χ4v) is 3.90. The second kappa shape index (κ2) is 8.26. The van der Waals surface area contributed by atoms with E-state index in [1.165, 1.54) is 11.3 Å². The molecule has 0 N–H and O–H groups in total. The zero-order valence-corrected chi connectivity index (χ0v) is 16.6. The zero-order chi connectivity index (χ0) is 19.4. The molecule has 0 radical (unpaired) electrons. The van der Waals surface area contributed by atoms with Gasteiger partial charge in [0.25, 0.3) is 5.91 Å². The van der Waals surface area contributed by atoms with E-state index in [2.05, 4.69) is 4.99 Å². The maximum absolute atomic E-state index is 12.6. The third-order valence-electron chi connectivity index (χ3n) is 4.11. The molecule has 1 amide bonds. The standard InChI is InChI=1S/C20H22N2O4S/c1-5-22-15-11-16(24-3)17(25-4)12-18(15)27-20(22)21-19(23)13-7-9-14(10-8-13)26-6-2/h7-12H,5-6H2,1-4H3. The van der Waals surface area contributed by atoms with Crippen LogP contribution in [0.1, 0.15) is 24.2 Å². The van der Waals surface area contributed by atoms with Crippen LogP contribution in [0.25, 0.3) is 10.2 Å². The van der Waals surface area contributed by atoms with Crippen molar-refractivity contribution < 1.29 is 19.0 Å². The van der Waals surface area contributed by atoms with Crippen LogP contribution in [0.4, 0.5) is 0 Å². The van der Waals surface area contributed by atoms with E-state index in [4.69, 9.17) is 14.2 Å². The molecule has 3 aromatic rings. The molecule has 2 aromatic carbocycles. The molecule has 0 spiro atoms. The number of hydrogen-bond donors (Lipinski definition) is 0. The highest BCUT2D eigenvalue weighted by atomic mass is 32.1. The van der Waals surface area contributed by atoms with Gasteiger partial charge in [0, 0.05) is 24.2 Å². The highest BCUT2D eigenvalue weighted by Crippen LogP contribution is 2.33. The number of carbonyl (C=O) groups excluding carboxylic acids is 1. The number of benzene rings is 2. The van der Waals surface area contributed by atoms with Gasteiger partial charge in [-0.2, -0.15) is 4.99 Å². The minimum Gasteiger partial charge on any atom is -0.494 e. The predicted molar refractivity (Wildman–Crippen MR) is 106 cm³/mol. The van der Waals surface area contributed by atoms with E-state index in [1.807, 2.05) is 30.5 Å². The SMILES string of the molecule is CCOc1ccc(C(=O)N=c2sc3cc(OC)c(OC)cc3n2CC)cc1. The van der Waals surface area contributed by atoms with Crippen molar-refractivity contribution in [1.29, 1.82) is 0 Å². The number of aromatic nitrogens is 1. The Bertz CT molecular complexity index is 1020. The summed E-state index contributed by atoms with van der Waals surface area (Å²) in [7, 11) is 3.21. The smallest absolute Gasteiger partial charge is 0.279 e. The molecule has 0 aliphatic carbocycles. The monoisotopic (exact) mass is 386 g/mol.